The minimum atomic E-state index is -0.598. The van der Waals surface area contributed by atoms with E-state index in [4.69, 9.17) is 11.6 Å². The minimum absolute atomic E-state index is 0.0421. The fraction of sp³-hybridized carbons (Fsp3) is 0.333. The van der Waals surface area contributed by atoms with Crippen molar-refractivity contribution in [3.05, 3.63) is 105 Å². The fourth-order valence-electron chi connectivity index (χ4n) is 4.63. The number of nitrogens with one attached hydrogen (secondary N) is 1. The van der Waals surface area contributed by atoms with Crippen molar-refractivity contribution in [1.29, 1.82) is 0 Å². The largest absolute Gasteiger partial charge is 0.352 e. The van der Waals surface area contributed by atoms with Gasteiger partial charge in [0.15, 0.2) is 0 Å². The molecule has 4 nitrogen and oxygen atoms in total. The fourth-order valence-corrected chi connectivity index (χ4v) is 5.89. The zero-order chi connectivity index (χ0) is 26.0. The van der Waals surface area contributed by atoms with Gasteiger partial charge in [-0.15, -0.1) is 11.8 Å². The molecule has 7 heteroatoms. The van der Waals surface area contributed by atoms with Crippen LogP contribution in [0.2, 0.25) is 5.02 Å². The number of benzene rings is 3. The summed E-state index contributed by atoms with van der Waals surface area (Å²) in [6, 6.07) is 25.2. The zero-order valence-electron chi connectivity index (χ0n) is 20.7. The van der Waals surface area contributed by atoms with Gasteiger partial charge >= 0.3 is 0 Å². The number of carbonyl (C=O) groups excluding carboxylic acids is 2. The van der Waals surface area contributed by atoms with Crippen LogP contribution in [0.15, 0.2) is 83.3 Å². The predicted molar refractivity (Wildman–Crippen MR) is 157 cm³/mol. The van der Waals surface area contributed by atoms with Crippen molar-refractivity contribution in [1.82, 2.24) is 10.2 Å². The van der Waals surface area contributed by atoms with E-state index in [9.17, 15) is 9.59 Å². The van der Waals surface area contributed by atoms with Crippen LogP contribution in [0.25, 0.3) is 0 Å². The van der Waals surface area contributed by atoms with E-state index in [1.54, 1.807) is 16.7 Å². The third-order valence-electron chi connectivity index (χ3n) is 6.65. The lowest BCUT2D eigenvalue weighted by atomic mass is 10.0. The summed E-state index contributed by atoms with van der Waals surface area (Å²) >= 11 is 11.1. The quantitative estimate of drug-likeness (QED) is 0.257. The first kappa shape index (κ1) is 27.7. The van der Waals surface area contributed by atoms with Crippen molar-refractivity contribution < 1.29 is 9.59 Å². The topological polar surface area (TPSA) is 49.4 Å². The third kappa shape index (κ3) is 8.62. The van der Waals surface area contributed by atoms with Crippen molar-refractivity contribution in [2.75, 3.05) is 5.75 Å². The Kier molecular flexibility index (Phi) is 10.5. The Hall–Kier alpha value is -2.28. The normalized spacial score (nSPS) is 14.3. The van der Waals surface area contributed by atoms with E-state index in [1.165, 1.54) is 0 Å². The molecule has 0 saturated heterocycles. The van der Waals surface area contributed by atoms with Gasteiger partial charge in [-0.1, -0.05) is 95.0 Å². The highest BCUT2D eigenvalue weighted by Gasteiger charge is 2.32. The third-order valence-corrected chi connectivity index (χ3v) is 8.42. The molecule has 0 aromatic heterocycles. The molecule has 0 bridgehead atoms. The maximum atomic E-state index is 13.7. The lowest BCUT2D eigenvalue weighted by Gasteiger charge is -2.32. The Bertz CT molecular complexity index is 1150. The Balaban J connectivity index is 1.55. The molecule has 1 atom stereocenters. The second-order valence-electron chi connectivity index (χ2n) is 9.46. The summed E-state index contributed by atoms with van der Waals surface area (Å²) in [7, 11) is 0. The zero-order valence-corrected chi connectivity index (χ0v) is 23.9. The van der Waals surface area contributed by atoms with Crippen LogP contribution in [-0.2, 0) is 28.3 Å². The van der Waals surface area contributed by atoms with Crippen molar-refractivity contribution >= 4 is 51.1 Å². The first-order valence-corrected chi connectivity index (χ1v) is 15.0. The summed E-state index contributed by atoms with van der Waals surface area (Å²) in [5.74, 6) is 0.910. The number of halogens is 2. The highest BCUT2D eigenvalue weighted by Crippen LogP contribution is 2.22. The number of hydrogen-bond acceptors (Lipinski definition) is 3. The number of nitrogens with zero attached hydrogens (tertiary/aromatic N) is 1. The second-order valence-corrected chi connectivity index (χ2v) is 11.8. The predicted octanol–water partition coefficient (Wildman–Crippen LogP) is 7.03. The molecule has 1 aliphatic carbocycles. The number of thioether (sulfide) groups is 1. The van der Waals surface area contributed by atoms with Gasteiger partial charge in [0.25, 0.3) is 0 Å². The van der Waals surface area contributed by atoms with Gasteiger partial charge in [0, 0.05) is 34.3 Å². The van der Waals surface area contributed by atoms with E-state index in [2.05, 4.69) is 33.4 Å². The summed E-state index contributed by atoms with van der Waals surface area (Å²) in [5, 5.41) is 3.90. The molecule has 3 aromatic carbocycles. The lowest BCUT2D eigenvalue weighted by molar-refractivity contribution is -0.139. The molecule has 0 aliphatic heterocycles. The molecular weight excluding hydrogens is 568 g/mol. The molecular formula is C30H32BrClN2O2S. The van der Waals surface area contributed by atoms with Crippen LogP contribution in [0.4, 0.5) is 0 Å². The molecule has 0 radical (unpaired) electrons. The van der Waals surface area contributed by atoms with E-state index in [-0.39, 0.29) is 17.9 Å². The summed E-state index contributed by atoms with van der Waals surface area (Å²) in [6.07, 6.45) is 4.73. The van der Waals surface area contributed by atoms with Crippen LogP contribution in [0.5, 0.6) is 0 Å². The lowest BCUT2D eigenvalue weighted by Crippen LogP contribution is -2.52. The Labute approximate surface area is 237 Å². The molecule has 1 saturated carbocycles. The van der Waals surface area contributed by atoms with E-state index in [0.29, 0.717) is 23.7 Å². The molecule has 194 valence electrons. The number of amides is 2. The highest BCUT2D eigenvalue weighted by atomic mass is 79.9. The van der Waals surface area contributed by atoms with Gasteiger partial charge in [-0.25, -0.2) is 0 Å². The van der Waals surface area contributed by atoms with Gasteiger partial charge in [-0.2, -0.15) is 0 Å². The summed E-state index contributed by atoms with van der Waals surface area (Å²) in [4.78, 5) is 29.2. The van der Waals surface area contributed by atoms with Crippen molar-refractivity contribution in [3.63, 3.8) is 0 Å². The van der Waals surface area contributed by atoms with Crippen LogP contribution in [0.1, 0.15) is 42.4 Å². The van der Waals surface area contributed by atoms with Gasteiger partial charge in [-0.3, -0.25) is 9.59 Å². The van der Waals surface area contributed by atoms with Crippen LogP contribution in [0.3, 0.4) is 0 Å². The summed E-state index contributed by atoms with van der Waals surface area (Å²) in [6.45, 7) is 0.352. The van der Waals surface area contributed by atoms with Gasteiger partial charge in [0.05, 0.1) is 5.75 Å². The van der Waals surface area contributed by atoms with E-state index < -0.39 is 6.04 Å². The van der Waals surface area contributed by atoms with Crippen LogP contribution < -0.4 is 5.32 Å². The highest BCUT2D eigenvalue weighted by molar-refractivity contribution is 9.10. The SMILES string of the molecule is O=C(NC1CCCC1)C(Cc1ccccc1)N(Cc1ccc(Cl)cc1)C(=O)CSCc1ccc(Br)cc1. The maximum Gasteiger partial charge on any atom is 0.243 e. The average molecular weight is 600 g/mol. The molecule has 1 N–H and O–H groups in total. The molecule has 4 rings (SSSR count). The van der Waals surface area contributed by atoms with E-state index in [1.807, 2.05) is 66.7 Å². The molecule has 37 heavy (non-hydrogen) atoms. The number of rotatable bonds is 11. The molecule has 1 fully saturated rings. The van der Waals surface area contributed by atoms with E-state index in [0.717, 1.165) is 52.6 Å². The molecule has 1 unspecified atom stereocenters. The Morgan fingerprint density at radius 3 is 2.24 bits per heavy atom. The Morgan fingerprint density at radius 1 is 0.919 bits per heavy atom. The second kappa shape index (κ2) is 14.0. The molecule has 1 aliphatic rings. The molecule has 2 amide bonds. The summed E-state index contributed by atoms with van der Waals surface area (Å²) < 4.78 is 1.03. The summed E-state index contributed by atoms with van der Waals surface area (Å²) in [5.41, 5.74) is 3.14. The van der Waals surface area contributed by atoms with E-state index >= 15 is 0 Å². The van der Waals surface area contributed by atoms with Gasteiger partial charge in [0.2, 0.25) is 11.8 Å². The van der Waals surface area contributed by atoms with Crippen LogP contribution in [0, 0.1) is 0 Å². The first-order valence-electron chi connectivity index (χ1n) is 12.7. The van der Waals surface area contributed by atoms with Gasteiger partial charge < -0.3 is 10.2 Å². The molecule has 0 spiro atoms. The number of hydrogen-bond donors (Lipinski definition) is 1. The average Bonchev–Trinajstić information content (AvgIpc) is 3.42. The maximum absolute atomic E-state index is 13.7. The standard InChI is InChI=1S/C30H32BrClN2O2S/c31-25-14-10-24(11-15-25)20-37-21-29(35)34(19-23-12-16-26(32)17-13-23)28(18-22-6-2-1-3-7-22)30(36)33-27-8-4-5-9-27/h1-3,6-7,10-17,27-28H,4-5,8-9,18-21H2,(H,33,36). The number of carbonyl (C=O) groups is 2. The van der Waals surface area contributed by atoms with Gasteiger partial charge in [-0.05, 0) is 53.8 Å². The molecule has 0 heterocycles. The van der Waals surface area contributed by atoms with Crippen molar-refractivity contribution in [2.45, 2.75) is 56.5 Å². The monoisotopic (exact) mass is 598 g/mol. The van der Waals surface area contributed by atoms with Crippen LogP contribution in [-0.4, -0.2) is 34.6 Å². The van der Waals surface area contributed by atoms with Crippen molar-refractivity contribution in [3.8, 4) is 0 Å². The van der Waals surface area contributed by atoms with Gasteiger partial charge in [0.1, 0.15) is 6.04 Å². The first-order chi connectivity index (χ1) is 18.0. The minimum Gasteiger partial charge on any atom is -0.352 e. The Morgan fingerprint density at radius 2 is 1.57 bits per heavy atom. The molecule has 3 aromatic rings. The smallest absolute Gasteiger partial charge is 0.243 e. The van der Waals surface area contributed by atoms with Crippen LogP contribution >= 0.6 is 39.3 Å². The van der Waals surface area contributed by atoms with Crippen molar-refractivity contribution in [2.24, 2.45) is 0 Å².